The van der Waals surface area contributed by atoms with Crippen LogP contribution in [0.4, 0.5) is 13.2 Å². The fourth-order valence-electron chi connectivity index (χ4n) is 2.51. The standard InChI is InChI=1S/C19H31F3N4/c1-23-18(24-13-7-5-4-6-8-14-26(2)3)25-15-16-9-11-17(12-10-16)19(20,21)22/h9-12H,4-8,13-15H2,1-3H3,(H2,23,24,25). The van der Waals surface area contributed by atoms with Crippen LogP contribution in [0.15, 0.2) is 29.3 Å². The SMILES string of the molecule is CN=C(NCCCCCCCN(C)C)NCc1ccc(C(F)(F)F)cc1. The van der Waals surface area contributed by atoms with Crippen molar-refractivity contribution in [2.24, 2.45) is 4.99 Å². The van der Waals surface area contributed by atoms with E-state index in [0.29, 0.717) is 12.5 Å². The lowest BCUT2D eigenvalue weighted by Gasteiger charge is -2.13. The number of benzene rings is 1. The molecule has 0 fully saturated rings. The van der Waals surface area contributed by atoms with E-state index in [-0.39, 0.29) is 0 Å². The summed E-state index contributed by atoms with van der Waals surface area (Å²) in [6.45, 7) is 2.40. The second-order valence-corrected chi connectivity index (χ2v) is 6.62. The van der Waals surface area contributed by atoms with Crippen molar-refractivity contribution in [3.63, 3.8) is 0 Å². The van der Waals surface area contributed by atoms with E-state index in [2.05, 4.69) is 34.6 Å². The van der Waals surface area contributed by atoms with Gasteiger partial charge in [-0.05, 0) is 51.2 Å². The first-order valence-corrected chi connectivity index (χ1v) is 9.08. The van der Waals surface area contributed by atoms with Gasteiger partial charge >= 0.3 is 6.18 Å². The van der Waals surface area contributed by atoms with Gasteiger partial charge in [0.25, 0.3) is 0 Å². The number of unbranched alkanes of at least 4 members (excludes halogenated alkanes) is 4. The minimum absolute atomic E-state index is 0.433. The fraction of sp³-hybridized carbons (Fsp3) is 0.632. The van der Waals surface area contributed by atoms with Crippen LogP contribution in [0.1, 0.15) is 43.2 Å². The van der Waals surface area contributed by atoms with Crippen molar-refractivity contribution in [1.29, 1.82) is 0 Å². The third kappa shape index (κ3) is 9.65. The predicted octanol–water partition coefficient (Wildman–Crippen LogP) is 3.88. The molecule has 0 amide bonds. The molecule has 148 valence electrons. The second kappa shape index (κ2) is 11.8. The zero-order valence-corrected chi connectivity index (χ0v) is 16.0. The summed E-state index contributed by atoms with van der Waals surface area (Å²) in [7, 11) is 5.86. The number of aliphatic imine (C=N–C) groups is 1. The monoisotopic (exact) mass is 372 g/mol. The summed E-state index contributed by atoms with van der Waals surface area (Å²) >= 11 is 0. The fourth-order valence-corrected chi connectivity index (χ4v) is 2.51. The highest BCUT2D eigenvalue weighted by molar-refractivity contribution is 5.79. The summed E-state index contributed by atoms with van der Waals surface area (Å²) < 4.78 is 37.6. The van der Waals surface area contributed by atoms with Crippen LogP contribution in [0.25, 0.3) is 0 Å². The maximum absolute atomic E-state index is 12.5. The Morgan fingerprint density at radius 2 is 1.58 bits per heavy atom. The number of rotatable bonds is 10. The van der Waals surface area contributed by atoms with Crippen molar-refractivity contribution in [2.75, 3.05) is 34.2 Å². The summed E-state index contributed by atoms with van der Waals surface area (Å²) in [4.78, 5) is 6.34. The molecule has 0 aliphatic rings. The quantitative estimate of drug-likeness (QED) is 0.372. The first kappa shape index (κ1) is 22.3. The molecule has 0 aromatic heterocycles. The minimum atomic E-state index is -4.30. The lowest BCUT2D eigenvalue weighted by atomic mass is 10.1. The van der Waals surface area contributed by atoms with Crippen LogP contribution in [0.3, 0.4) is 0 Å². The Bertz CT molecular complexity index is 525. The van der Waals surface area contributed by atoms with Gasteiger partial charge in [0.1, 0.15) is 0 Å². The third-order valence-electron chi connectivity index (χ3n) is 4.04. The Balaban J connectivity index is 2.19. The molecular formula is C19H31F3N4. The first-order valence-electron chi connectivity index (χ1n) is 9.08. The van der Waals surface area contributed by atoms with Gasteiger partial charge in [-0.3, -0.25) is 4.99 Å². The molecule has 0 saturated carbocycles. The molecule has 0 bridgehead atoms. The van der Waals surface area contributed by atoms with Crippen molar-refractivity contribution in [2.45, 2.75) is 44.8 Å². The average Bonchev–Trinajstić information content (AvgIpc) is 2.59. The number of halogens is 3. The average molecular weight is 372 g/mol. The molecule has 0 saturated heterocycles. The van der Waals surface area contributed by atoms with Crippen LogP contribution >= 0.6 is 0 Å². The van der Waals surface area contributed by atoms with Gasteiger partial charge in [-0.1, -0.05) is 31.4 Å². The third-order valence-corrected chi connectivity index (χ3v) is 4.04. The Labute approximate surface area is 154 Å². The molecule has 0 aliphatic carbocycles. The van der Waals surface area contributed by atoms with Crippen LogP contribution in [-0.2, 0) is 12.7 Å². The van der Waals surface area contributed by atoms with Crippen LogP contribution < -0.4 is 10.6 Å². The number of hydrogen-bond acceptors (Lipinski definition) is 2. The smallest absolute Gasteiger partial charge is 0.356 e. The molecule has 0 spiro atoms. The van der Waals surface area contributed by atoms with E-state index in [9.17, 15) is 13.2 Å². The van der Waals surface area contributed by atoms with E-state index in [1.165, 1.54) is 37.8 Å². The molecule has 1 rings (SSSR count). The van der Waals surface area contributed by atoms with Crippen molar-refractivity contribution >= 4 is 5.96 Å². The van der Waals surface area contributed by atoms with Gasteiger partial charge in [0.05, 0.1) is 5.56 Å². The summed E-state index contributed by atoms with van der Waals surface area (Å²) in [5, 5.41) is 6.35. The molecule has 26 heavy (non-hydrogen) atoms. The van der Waals surface area contributed by atoms with Gasteiger partial charge in [-0.15, -0.1) is 0 Å². The predicted molar refractivity (Wildman–Crippen MR) is 101 cm³/mol. The van der Waals surface area contributed by atoms with E-state index in [0.717, 1.165) is 37.2 Å². The molecule has 2 N–H and O–H groups in total. The molecule has 0 heterocycles. The molecule has 0 radical (unpaired) electrons. The van der Waals surface area contributed by atoms with Gasteiger partial charge in [-0.25, -0.2) is 0 Å². The lowest BCUT2D eigenvalue weighted by molar-refractivity contribution is -0.137. The van der Waals surface area contributed by atoms with E-state index >= 15 is 0 Å². The maximum atomic E-state index is 12.5. The van der Waals surface area contributed by atoms with Gasteiger partial charge in [0.15, 0.2) is 5.96 Å². The summed E-state index contributed by atoms with van der Waals surface area (Å²) in [6.07, 6.45) is 1.66. The van der Waals surface area contributed by atoms with Gasteiger partial charge in [0.2, 0.25) is 0 Å². The minimum Gasteiger partial charge on any atom is -0.356 e. The van der Waals surface area contributed by atoms with Crippen molar-refractivity contribution in [1.82, 2.24) is 15.5 Å². The highest BCUT2D eigenvalue weighted by Gasteiger charge is 2.29. The topological polar surface area (TPSA) is 39.7 Å². The summed E-state index contributed by atoms with van der Waals surface area (Å²) in [6, 6.07) is 5.17. The summed E-state index contributed by atoms with van der Waals surface area (Å²) in [5.74, 6) is 0.664. The van der Waals surface area contributed by atoms with Crippen molar-refractivity contribution in [3.8, 4) is 0 Å². The van der Waals surface area contributed by atoms with E-state index in [1.807, 2.05) is 0 Å². The molecule has 1 aromatic rings. The van der Waals surface area contributed by atoms with E-state index in [4.69, 9.17) is 0 Å². The number of nitrogens with zero attached hydrogens (tertiary/aromatic N) is 2. The number of alkyl halides is 3. The Hall–Kier alpha value is -1.76. The van der Waals surface area contributed by atoms with E-state index < -0.39 is 11.7 Å². The highest BCUT2D eigenvalue weighted by atomic mass is 19.4. The highest BCUT2D eigenvalue weighted by Crippen LogP contribution is 2.28. The van der Waals surface area contributed by atoms with E-state index in [1.54, 1.807) is 7.05 Å². The van der Waals surface area contributed by atoms with Crippen LogP contribution in [0.2, 0.25) is 0 Å². The van der Waals surface area contributed by atoms with Gasteiger partial charge in [0, 0.05) is 20.1 Å². The normalized spacial score (nSPS) is 12.5. The largest absolute Gasteiger partial charge is 0.416 e. The number of nitrogens with one attached hydrogen (secondary N) is 2. The Morgan fingerprint density at radius 1 is 0.962 bits per heavy atom. The molecule has 1 aromatic carbocycles. The van der Waals surface area contributed by atoms with Gasteiger partial charge in [-0.2, -0.15) is 13.2 Å². The lowest BCUT2D eigenvalue weighted by Crippen LogP contribution is -2.37. The Morgan fingerprint density at radius 3 is 2.15 bits per heavy atom. The zero-order valence-electron chi connectivity index (χ0n) is 16.0. The number of guanidine groups is 1. The first-order chi connectivity index (χ1) is 12.3. The van der Waals surface area contributed by atoms with Crippen LogP contribution in [0, 0.1) is 0 Å². The molecule has 0 atom stereocenters. The molecule has 0 unspecified atom stereocenters. The molecule has 7 heteroatoms. The molecule has 0 aliphatic heterocycles. The number of hydrogen-bond donors (Lipinski definition) is 2. The molecule has 4 nitrogen and oxygen atoms in total. The Kier molecular flexibility index (Phi) is 10.1. The van der Waals surface area contributed by atoms with Crippen LogP contribution in [-0.4, -0.2) is 45.1 Å². The second-order valence-electron chi connectivity index (χ2n) is 6.62. The zero-order chi connectivity index (χ0) is 19.4. The maximum Gasteiger partial charge on any atom is 0.416 e. The van der Waals surface area contributed by atoms with Gasteiger partial charge < -0.3 is 15.5 Å². The van der Waals surface area contributed by atoms with Crippen molar-refractivity contribution in [3.05, 3.63) is 35.4 Å². The molecular weight excluding hydrogens is 341 g/mol. The summed E-state index contributed by atoms with van der Waals surface area (Å²) in [5.41, 5.74) is 0.149. The van der Waals surface area contributed by atoms with Crippen LogP contribution in [0.5, 0.6) is 0 Å². The van der Waals surface area contributed by atoms with Crippen molar-refractivity contribution < 1.29 is 13.2 Å².